The molecule has 1 atom stereocenters. The lowest BCUT2D eigenvalue weighted by Crippen LogP contribution is -2.30. The summed E-state index contributed by atoms with van der Waals surface area (Å²) in [5, 5.41) is 0. The van der Waals surface area contributed by atoms with Gasteiger partial charge >= 0.3 is 17.9 Å². The van der Waals surface area contributed by atoms with E-state index >= 15 is 0 Å². The van der Waals surface area contributed by atoms with Crippen LogP contribution in [0, 0.1) is 0 Å². The minimum absolute atomic E-state index is 0.0848. The minimum atomic E-state index is -0.790. The largest absolute Gasteiger partial charge is 0.462 e. The maximum absolute atomic E-state index is 12.9. The van der Waals surface area contributed by atoms with Crippen molar-refractivity contribution in [3.05, 3.63) is 72.9 Å². The Kier molecular flexibility index (Phi) is 55.8. The van der Waals surface area contributed by atoms with E-state index in [9.17, 15) is 14.4 Å². The van der Waals surface area contributed by atoms with Crippen molar-refractivity contribution >= 4 is 17.9 Å². The van der Waals surface area contributed by atoms with Crippen LogP contribution in [0.3, 0.4) is 0 Å². The molecular weight excluding hydrogens is 865 g/mol. The fourth-order valence-corrected chi connectivity index (χ4v) is 8.53. The number of carbonyl (C=O) groups is 3. The van der Waals surface area contributed by atoms with Crippen LogP contribution in [0.1, 0.15) is 297 Å². The Morgan fingerprint density at radius 3 is 0.914 bits per heavy atom. The van der Waals surface area contributed by atoms with E-state index in [1.54, 1.807) is 0 Å². The fraction of sp³-hybridized carbons (Fsp3) is 0.766. The summed E-state index contributed by atoms with van der Waals surface area (Å²) in [4.78, 5) is 38.2. The summed E-state index contributed by atoms with van der Waals surface area (Å²) in [6, 6.07) is 0. The molecule has 0 aromatic carbocycles. The summed E-state index contributed by atoms with van der Waals surface area (Å²) in [5.74, 6) is -0.902. The Hall–Kier alpha value is -3.15. The summed E-state index contributed by atoms with van der Waals surface area (Å²) < 4.78 is 16.9. The zero-order valence-corrected chi connectivity index (χ0v) is 46.3. The standard InChI is InChI=1S/C64H112O6/c1-4-7-10-13-16-19-22-25-28-30-32-34-36-39-42-45-48-51-54-57-63(66)69-60-61(59-68-62(65)56-53-50-47-44-41-38-35-27-24-21-18-15-12-9-6-3)70-64(67)58-55-52-49-46-43-40-37-33-31-29-26-23-20-17-14-11-8-5-2/h11,14,17,20-21,23-24,26,29,31,33,37,61H,4-10,12-13,15-16,18-19,22,25,27-28,30,32,34-36,38-60H2,1-3H3/b14-11-,20-17-,24-21-,26-23-,31-29-,37-33-. The molecule has 0 saturated heterocycles. The van der Waals surface area contributed by atoms with Crippen LogP contribution in [-0.2, 0) is 28.6 Å². The summed E-state index contributed by atoms with van der Waals surface area (Å²) >= 11 is 0. The zero-order valence-electron chi connectivity index (χ0n) is 46.3. The Balaban J connectivity index is 4.41. The first-order chi connectivity index (χ1) is 34.5. The molecule has 0 aliphatic heterocycles. The predicted octanol–water partition coefficient (Wildman–Crippen LogP) is 20.2. The number of esters is 3. The first-order valence-corrected chi connectivity index (χ1v) is 30.0. The van der Waals surface area contributed by atoms with Crippen LogP contribution in [0.2, 0.25) is 0 Å². The molecule has 0 aromatic heterocycles. The topological polar surface area (TPSA) is 78.9 Å². The first-order valence-electron chi connectivity index (χ1n) is 30.0. The van der Waals surface area contributed by atoms with Gasteiger partial charge in [-0.2, -0.15) is 0 Å². The van der Waals surface area contributed by atoms with E-state index in [2.05, 4.69) is 69.4 Å². The van der Waals surface area contributed by atoms with E-state index in [1.165, 1.54) is 173 Å². The number of hydrogen-bond donors (Lipinski definition) is 0. The molecule has 70 heavy (non-hydrogen) atoms. The van der Waals surface area contributed by atoms with Crippen LogP contribution in [0.25, 0.3) is 0 Å². The maximum Gasteiger partial charge on any atom is 0.306 e. The monoisotopic (exact) mass is 977 g/mol. The van der Waals surface area contributed by atoms with E-state index in [-0.39, 0.29) is 31.1 Å². The van der Waals surface area contributed by atoms with Crippen molar-refractivity contribution < 1.29 is 28.6 Å². The second-order valence-corrected chi connectivity index (χ2v) is 20.0. The van der Waals surface area contributed by atoms with Gasteiger partial charge in [0.15, 0.2) is 6.10 Å². The van der Waals surface area contributed by atoms with Gasteiger partial charge in [0.1, 0.15) is 13.2 Å². The molecule has 0 spiro atoms. The normalized spacial score (nSPS) is 12.6. The summed E-state index contributed by atoms with van der Waals surface area (Å²) in [6.07, 6.45) is 74.6. The van der Waals surface area contributed by atoms with Crippen LogP contribution in [0.5, 0.6) is 0 Å². The van der Waals surface area contributed by atoms with Gasteiger partial charge < -0.3 is 14.2 Å². The zero-order chi connectivity index (χ0) is 50.7. The number of unbranched alkanes of at least 4 members (excludes halogenated alkanes) is 35. The molecule has 0 amide bonds. The summed E-state index contributed by atoms with van der Waals surface area (Å²) in [6.45, 7) is 6.55. The van der Waals surface area contributed by atoms with Crippen molar-refractivity contribution in [2.24, 2.45) is 0 Å². The number of hydrogen-bond acceptors (Lipinski definition) is 6. The molecule has 0 aliphatic carbocycles. The smallest absolute Gasteiger partial charge is 0.306 e. The van der Waals surface area contributed by atoms with Gasteiger partial charge in [-0.05, 0) is 64.2 Å². The molecule has 0 rings (SSSR count). The first kappa shape index (κ1) is 66.9. The summed E-state index contributed by atoms with van der Waals surface area (Å²) in [7, 11) is 0. The van der Waals surface area contributed by atoms with Crippen molar-refractivity contribution in [2.45, 2.75) is 303 Å². The molecule has 0 fully saturated rings. The molecular formula is C64H112O6. The van der Waals surface area contributed by atoms with E-state index in [4.69, 9.17) is 14.2 Å². The number of ether oxygens (including phenoxy) is 3. The van der Waals surface area contributed by atoms with Crippen molar-refractivity contribution in [1.82, 2.24) is 0 Å². The van der Waals surface area contributed by atoms with Gasteiger partial charge in [0.05, 0.1) is 0 Å². The lowest BCUT2D eigenvalue weighted by molar-refractivity contribution is -0.167. The van der Waals surface area contributed by atoms with E-state index in [0.29, 0.717) is 19.3 Å². The molecule has 0 bridgehead atoms. The lowest BCUT2D eigenvalue weighted by atomic mass is 10.0. The highest BCUT2D eigenvalue weighted by molar-refractivity contribution is 5.71. The number of carbonyl (C=O) groups excluding carboxylic acids is 3. The van der Waals surface area contributed by atoms with Gasteiger partial charge in [-0.3, -0.25) is 14.4 Å². The predicted molar refractivity (Wildman–Crippen MR) is 302 cm³/mol. The molecule has 0 N–H and O–H groups in total. The van der Waals surface area contributed by atoms with Crippen LogP contribution in [0.15, 0.2) is 72.9 Å². The molecule has 1 unspecified atom stereocenters. The molecule has 404 valence electrons. The van der Waals surface area contributed by atoms with Gasteiger partial charge in [0, 0.05) is 19.3 Å². The van der Waals surface area contributed by atoms with Crippen molar-refractivity contribution in [2.75, 3.05) is 13.2 Å². The SMILES string of the molecule is CCC\C=C/C=C\C=C/C=C\C=C/CCCCCCCC(=O)OC(COC(=O)CCCCCCCCC/C=C\CCCCCC)COC(=O)CCCCCCCCCCCCCCCCCCCCC. The molecule has 0 heterocycles. The van der Waals surface area contributed by atoms with Gasteiger partial charge in [-0.15, -0.1) is 0 Å². The van der Waals surface area contributed by atoms with Crippen molar-refractivity contribution in [3.8, 4) is 0 Å². The van der Waals surface area contributed by atoms with Crippen LogP contribution in [0.4, 0.5) is 0 Å². The molecule has 6 nitrogen and oxygen atoms in total. The van der Waals surface area contributed by atoms with Gasteiger partial charge in [0.25, 0.3) is 0 Å². The highest BCUT2D eigenvalue weighted by atomic mass is 16.6. The van der Waals surface area contributed by atoms with Crippen molar-refractivity contribution in [3.63, 3.8) is 0 Å². The average molecular weight is 978 g/mol. The van der Waals surface area contributed by atoms with Crippen LogP contribution in [-0.4, -0.2) is 37.2 Å². The van der Waals surface area contributed by atoms with Crippen LogP contribution >= 0.6 is 0 Å². The highest BCUT2D eigenvalue weighted by Crippen LogP contribution is 2.17. The maximum atomic E-state index is 12.9. The lowest BCUT2D eigenvalue weighted by Gasteiger charge is -2.18. The highest BCUT2D eigenvalue weighted by Gasteiger charge is 2.19. The molecule has 0 aliphatic rings. The second-order valence-electron chi connectivity index (χ2n) is 20.0. The third-order valence-corrected chi connectivity index (χ3v) is 13.0. The molecule has 0 radical (unpaired) electrons. The number of allylic oxidation sites excluding steroid dienone is 12. The van der Waals surface area contributed by atoms with E-state index in [1.807, 2.05) is 24.3 Å². The number of rotatable bonds is 54. The van der Waals surface area contributed by atoms with Gasteiger partial charge in [-0.25, -0.2) is 0 Å². The molecule has 6 heteroatoms. The Morgan fingerprint density at radius 1 is 0.286 bits per heavy atom. The van der Waals surface area contributed by atoms with Gasteiger partial charge in [-0.1, -0.05) is 286 Å². The van der Waals surface area contributed by atoms with Crippen molar-refractivity contribution in [1.29, 1.82) is 0 Å². The fourth-order valence-electron chi connectivity index (χ4n) is 8.53. The quantitative estimate of drug-likeness (QED) is 0.0199. The Labute approximate surface area is 433 Å². The van der Waals surface area contributed by atoms with Gasteiger partial charge in [0.2, 0.25) is 0 Å². The third kappa shape index (κ3) is 55.8. The Morgan fingerprint density at radius 2 is 0.557 bits per heavy atom. The minimum Gasteiger partial charge on any atom is -0.462 e. The van der Waals surface area contributed by atoms with Crippen LogP contribution < -0.4 is 0 Å². The Bertz CT molecular complexity index is 1310. The third-order valence-electron chi connectivity index (χ3n) is 13.0. The molecule has 0 saturated carbocycles. The van der Waals surface area contributed by atoms with E-state index < -0.39 is 6.10 Å². The molecule has 0 aromatic rings. The second kappa shape index (κ2) is 58.4. The summed E-state index contributed by atoms with van der Waals surface area (Å²) in [5.41, 5.74) is 0. The average Bonchev–Trinajstić information content (AvgIpc) is 3.36. The van der Waals surface area contributed by atoms with E-state index in [0.717, 1.165) is 83.5 Å².